The maximum absolute atomic E-state index is 13.8. The average molecular weight is 526 g/mol. The van der Waals surface area contributed by atoms with E-state index in [2.05, 4.69) is 38.7 Å². The van der Waals surface area contributed by atoms with Crippen molar-refractivity contribution in [2.24, 2.45) is 45.8 Å². The van der Waals surface area contributed by atoms with Crippen LogP contribution in [0.1, 0.15) is 105 Å². The van der Waals surface area contributed by atoms with E-state index < -0.39 is 22.2 Å². The monoisotopic (exact) mass is 525 g/mol. The molecule has 5 heteroatoms. The van der Waals surface area contributed by atoms with Gasteiger partial charge in [-0.15, -0.1) is 0 Å². The molecular formula is C33H51NO4. The number of rotatable bonds is 9. The fourth-order valence-electron chi connectivity index (χ4n) is 11.4. The Morgan fingerprint density at radius 3 is 2.71 bits per heavy atom. The minimum atomic E-state index is -1.11. The van der Waals surface area contributed by atoms with Crippen molar-refractivity contribution in [2.45, 2.75) is 123 Å². The number of unbranched alkanes of at least 4 members (excludes halogenated alkanes) is 1. The first-order valence-corrected chi connectivity index (χ1v) is 16.1. The molecule has 6 rings (SSSR count). The summed E-state index contributed by atoms with van der Waals surface area (Å²) in [5, 5.41) is 11.3. The molecule has 10 atom stereocenters. The van der Waals surface area contributed by atoms with Gasteiger partial charge in [0.25, 0.3) is 0 Å². The Bertz CT molecular complexity index is 976. The molecule has 0 aromatic rings. The lowest BCUT2D eigenvalue weighted by Crippen LogP contribution is -2.65. The van der Waals surface area contributed by atoms with Gasteiger partial charge in [-0.25, -0.2) is 0 Å². The molecule has 6 aliphatic rings. The van der Waals surface area contributed by atoms with Gasteiger partial charge in [0.15, 0.2) is 0 Å². The molecule has 5 fully saturated rings. The number of aliphatic carboxylic acids is 1. The van der Waals surface area contributed by atoms with Crippen LogP contribution in [0.4, 0.5) is 0 Å². The highest BCUT2D eigenvalue weighted by molar-refractivity contribution is 5.90. The molecule has 0 aromatic carbocycles. The third-order valence-electron chi connectivity index (χ3n) is 12.8. The fraction of sp³-hybridized carbons (Fsp3) is 0.879. The van der Waals surface area contributed by atoms with E-state index in [1.165, 1.54) is 45.1 Å². The van der Waals surface area contributed by atoms with Crippen molar-refractivity contribution in [3.8, 4) is 0 Å². The zero-order chi connectivity index (χ0) is 26.9. The number of allylic oxidation sites excluding steroid dienone is 1. The molecule has 3 saturated carbocycles. The highest BCUT2D eigenvalue weighted by atomic mass is 16.5. The molecule has 5 nitrogen and oxygen atoms in total. The van der Waals surface area contributed by atoms with Crippen LogP contribution in [0, 0.1) is 45.8 Å². The zero-order valence-corrected chi connectivity index (χ0v) is 24.3. The Kier molecular flexibility index (Phi) is 6.90. The van der Waals surface area contributed by atoms with E-state index in [1.807, 2.05) is 0 Å². The molecule has 4 bridgehead atoms. The summed E-state index contributed by atoms with van der Waals surface area (Å²) in [4.78, 5) is 29.8. The first kappa shape index (κ1) is 27.0. The predicted octanol–water partition coefficient (Wildman–Crippen LogP) is 6.50. The summed E-state index contributed by atoms with van der Waals surface area (Å²) in [6.07, 6.45) is 17.0. The Morgan fingerprint density at radius 2 is 2.00 bits per heavy atom. The van der Waals surface area contributed by atoms with Crippen molar-refractivity contribution in [1.82, 2.24) is 4.90 Å². The number of ether oxygens (including phenoxy) is 1. The standard InChI is InChI=1S/C33H51NO4/c1-5-6-9-24-10-7-8-15-34(24)19-25-12-14-29(38-25)32-18-26-22(4)11-13-27(26)31(20-35)17-23(32)16-28(21(2)3)33(31,32)30(36)37/h16,20-27,29H,5-15,17-19H2,1-4H3,(H,36,37)/t22-,23?,24?,25?,26-,27-,29?,31?,32?,33?/m1/s1. The van der Waals surface area contributed by atoms with Gasteiger partial charge in [-0.3, -0.25) is 9.69 Å². The summed E-state index contributed by atoms with van der Waals surface area (Å²) in [6.45, 7) is 11.1. The number of aldehydes is 1. The molecule has 2 aliphatic heterocycles. The van der Waals surface area contributed by atoms with Crippen molar-refractivity contribution < 1.29 is 19.4 Å². The highest BCUT2D eigenvalue weighted by Crippen LogP contribution is 2.84. The first-order valence-electron chi connectivity index (χ1n) is 16.1. The topological polar surface area (TPSA) is 66.8 Å². The molecule has 212 valence electrons. The van der Waals surface area contributed by atoms with E-state index in [0.717, 1.165) is 50.5 Å². The molecular weight excluding hydrogens is 474 g/mol. The minimum Gasteiger partial charge on any atom is -0.481 e. The van der Waals surface area contributed by atoms with Crippen LogP contribution in [0.3, 0.4) is 0 Å². The maximum Gasteiger partial charge on any atom is 0.315 e. The molecule has 0 amide bonds. The summed E-state index contributed by atoms with van der Waals surface area (Å²) in [7, 11) is 0. The van der Waals surface area contributed by atoms with E-state index in [9.17, 15) is 14.7 Å². The van der Waals surface area contributed by atoms with Crippen molar-refractivity contribution in [3.05, 3.63) is 11.6 Å². The number of hydrogen-bond donors (Lipinski definition) is 1. The molecule has 0 radical (unpaired) electrons. The van der Waals surface area contributed by atoms with Gasteiger partial charge in [0.2, 0.25) is 0 Å². The molecule has 2 saturated heterocycles. The number of carbonyl (C=O) groups excluding carboxylic acids is 1. The lowest BCUT2D eigenvalue weighted by molar-refractivity contribution is -0.197. The minimum absolute atomic E-state index is 0.0736. The molecule has 1 N–H and O–H groups in total. The van der Waals surface area contributed by atoms with Crippen molar-refractivity contribution >= 4 is 12.3 Å². The van der Waals surface area contributed by atoms with E-state index in [1.54, 1.807) is 0 Å². The Hall–Kier alpha value is -1.20. The smallest absolute Gasteiger partial charge is 0.315 e. The van der Waals surface area contributed by atoms with Gasteiger partial charge in [0.05, 0.1) is 17.6 Å². The molecule has 7 unspecified atom stereocenters. The molecule has 0 aromatic heterocycles. The van der Waals surface area contributed by atoms with Gasteiger partial charge in [0.1, 0.15) is 11.7 Å². The van der Waals surface area contributed by atoms with Gasteiger partial charge in [-0.05, 0) is 87.5 Å². The highest BCUT2D eigenvalue weighted by Gasteiger charge is 2.86. The number of carbonyl (C=O) groups is 2. The maximum atomic E-state index is 13.8. The van der Waals surface area contributed by atoms with E-state index in [0.29, 0.717) is 24.3 Å². The van der Waals surface area contributed by atoms with Gasteiger partial charge in [-0.1, -0.05) is 65.0 Å². The van der Waals surface area contributed by atoms with Crippen LogP contribution in [0.25, 0.3) is 0 Å². The predicted molar refractivity (Wildman–Crippen MR) is 149 cm³/mol. The van der Waals surface area contributed by atoms with Gasteiger partial charge in [0, 0.05) is 18.0 Å². The molecule has 4 aliphatic carbocycles. The zero-order valence-electron chi connectivity index (χ0n) is 24.3. The van der Waals surface area contributed by atoms with Crippen LogP contribution in [-0.4, -0.2) is 53.6 Å². The van der Waals surface area contributed by atoms with E-state index >= 15 is 0 Å². The number of piperidine rings is 1. The number of carboxylic acids is 1. The Balaban J connectivity index is 1.35. The van der Waals surface area contributed by atoms with E-state index in [4.69, 9.17) is 4.74 Å². The second-order valence-electron chi connectivity index (χ2n) is 14.5. The molecule has 0 spiro atoms. The third kappa shape index (κ3) is 3.36. The summed E-state index contributed by atoms with van der Waals surface area (Å²) >= 11 is 0. The Labute approximate surface area is 230 Å². The number of hydrogen-bond acceptors (Lipinski definition) is 4. The van der Waals surface area contributed by atoms with Crippen LogP contribution >= 0.6 is 0 Å². The third-order valence-corrected chi connectivity index (χ3v) is 12.8. The molecule has 2 heterocycles. The van der Waals surface area contributed by atoms with Crippen molar-refractivity contribution in [3.63, 3.8) is 0 Å². The Morgan fingerprint density at radius 1 is 1.18 bits per heavy atom. The van der Waals surface area contributed by atoms with Crippen LogP contribution in [0.15, 0.2) is 11.6 Å². The number of likely N-dealkylation sites (tertiary alicyclic amines) is 1. The average Bonchev–Trinajstić information content (AvgIpc) is 3.63. The van der Waals surface area contributed by atoms with Crippen LogP contribution in [0.2, 0.25) is 0 Å². The van der Waals surface area contributed by atoms with Gasteiger partial charge < -0.3 is 14.6 Å². The second-order valence-corrected chi connectivity index (χ2v) is 14.5. The summed E-state index contributed by atoms with van der Waals surface area (Å²) in [5.74, 6) is 0.683. The summed E-state index contributed by atoms with van der Waals surface area (Å²) in [5.41, 5.74) is -1.35. The first-order chi connectivity index (χ1) is 18.3. The lowest BCUT2D eigenvalue weighted by atomic mass is 9.41. The van der Waals surface area contributed by atoms with E-state index in [-0.39, 0.29) is 30.0 Å². The largest absolute Gasteiger partial charge is 0.481 e. The van der Waals surface area contributed by atoms with Crippen LogP contribution < -0.4 is 0 Å². The van der Waals surface area contributed by atoms with Gasteiger partial charge in [-0.2, -0.15) is 0 Å². The van der Waals surface area contributed by atoms with Crippen LogP contribution in [-0.2, 0) is 14.3 Å². The number of nitrogens with zero attached hydrogens (tertiary/aromatic N) is 1. The normalized spacial score (nSPS) is 47.9. The quantitative estimate of drug-likeness (QED) is 0.275. The van der Waals surface area contributed by atoms with Crippen molar-refractivity contribution in [2.75, 3.05) is 13.1 Å². The van der Waals surface area contributed by atoms with Crippen LogP contribution in [0.5, 0.6) is 0 Å². The second kappa shape index (κ2) is 9.72. The van der Waals surface area contributed by atoms with Crippen molar-refractivity contribution in [1.29, 1.82) is 0 Å². The number of carboxylic acid groups (broad SMARTS) is 1. The molecule has 38 heavy (non-hydrogen) atoms. The summed E-state index contributed by atoms with van der Waals surface area (Å²) in [6, 6.07) is 0.671. The number of fused-ring (bicyclic) bond motifs is 2. The fourth-order valence-corrected chi connectivity index (χ4v) is 11.4. The summed E-state index contributed by atoms with van der Waals surface area (Å²) < 4.78 is 7.08. The SMILES string of the molecule is CCCCC1CCCCN1CC1CCC(C23C[C@@H]4[C@H](C)CC[C@H]4C4(C=O)CC2C=C(C(C)C)C34C(=O)O)O1. The van der Waals surface area contributed by atoms with Gasteiger partial charge >= 0.3 is 5.97 Å². The lowest BCUT2D eigenvalue weighted by Gasteiger charge is -2.60.